The third kappa shape index (κ3) is 5.25. The van der Waals surface area contributed by atoms with E-state index in [4.69, 9.17) is 15.2 Å². The molecule has 1 aromatic heterocycles. The Labute approximate surface area is 240 Å². The lowest BCUT2D eigenvalue weighted by molar-refractivity contribution is -0.111. The van der Waals surface area contributed by atoms with Crippen LogP contribution in [0.5, 0.6) is 11.5 Å². The Morgan fingerprint density at radius 2 is 1.59 bits per heavy atom. The van der Waals surface area contributed by atoms with Crippen molar-refractivity contribution >= 4 is 40.4 Å². The second kappa shape index (κ2) is 11.2. The van der Waals surface area contributed by atoms with E-state index < -0.39 is 17.4 Å². The molecule has 2 heterocycles. The molecule has 3 aromatic carbocycles. The molecule has 1 aliphatic heterocycles. The number of nitrogens with zero attached hydrogens (tertiary/aromatic N) is 2. The molecule has 1 aliphatic rings. The highest BCUT2D eigenvalue weighted by atomic mass is 32.1. The number of nitriles is 1. The topological polar surface area (TPSA) is 119 Å². The summed E-state index contributed by atoms with van der Waals surface area (Å²) < 4.78 is 12.6. The molecule has 3 N–H and O–H groups in total. The van der Waals surface area contributed by atoms with Crippen LogP contribution in [0.3, 0.4) is 0 Å². The molecule has 0 saturated heterocycles. The van der Waals surface area contributed by atoms with Crippen molar-refractivity contribution in [2.75, 3.05) is 19.5 Å². The van der Waals surface area contributed by atoms with Gasteiger partial charge >= 0.3 is 0 Å². The number of nitrogens with two attached hydrogens (primary N) is 1. The molecular weight excluding hydrogens is 536 g/mol. The average Bonchev–Trinajstić information content (AvgIpc) is 3.28. The Morgan fingerprint density at radius 1 is 1.00 bits per heavy atom. The smallest absolute Gasteiger partial charge is 0.274 e. The first-order valence-corrected chi connectivity index (χ1v) is 13.6. The van der Waals surface area contributed by atoms with Gasteiger partial charge in [-0.2, -0.15) is 5.26 Å². The number of hydrogen-bond donors (Lipinski definition) is 2. The molecule has 41 heavy (non-hydrogen) atoms. The number of anilines is 1. The first-order chi connectivity index (χ1) is 19.7. The number of amides is 1. The molecule has 0 bridgehead atoms. The highest BCUT2D eigenvalue weighted by molar-refractivity contribution is 7.07. The van der Waals surface area contributed by atoms with E-state index in [9.17, 15) is 14.9 Å². The van der Waals surface area contributed by atoms with E-state index in [2.05, 4.69) is 11.4 Å². The van der Waals surface area contributed by atoms with Gasteiger partial charge in [-0.3, -0.25) is 14.2 Å². The van der Waals surface area contributed by atoms with Gasteiger partial charge in [0.1, 0.15) is 22.0 Å². The first kappa shape index (κ1) is 27.5. The molecule has 1 amide bonds. The summed E-state index contributed by atoms with van der Waals surface area (Å²) in [7, 11) is 3.15. The summed E-state index contributed by atoms with van der Waals surface area (Å²) in [4.78, 5) is 27.8. The largest absolute Gasteiger partial charge is 0.497 e. The minimum absolute atomic E-state index is 0.00176. The number of allylic oxidation sites excluding steroid dienone is 1. The maximum absolute atomic E-state index is 14.1. The Kier molecular flexibility index (Phi) is 7.51. The highest BCUT2D eigenvalue weighted by Crippen LogP contribution is 2.37. The number of fused-ring (bicyclic) bond motifs is 1. The van der Waals surface area contributed by atoms with E-state index in [1.54, 1.807) is 56.7 Å². The molecule has 0 fully saturated rings. The number of carbonyl (C=O) groups excluding carboxylic acids is 1. The Balaban J connectivity index is 1.78. The molecule has 0 spiro atoms. The minimum atomic E-state index is -0.802. The van der Waals surface area contributed by atoms with Gasteiger partial charge in [-0.25, -0.2) is 0 Å². The lowest BCUT2D eigenvalue weighted by atomic mass is 9.83. The van der Waals surface area contributed by atoms with Gasteiger partial charge in [0, 0.05) is 5.69 Å². The molecule has 5 rings (SSSR count). The van der Waals surface area contributed by atoms with Crippen LogP contribution in [0, 0.1) is 25.2 Å². The molecule has 0 saturated carbocycles. The van der Waals surface area contributed by atoms with Crippen LogP contribution in [0.15, 0.2) is 77.1 Å². The lowest BCUT2D eigenvalue weighted by Crippen LogP contribution is -2.40. The Bertz CT molecular complexity index is 1890. The van der Waals surface area contributed by atoms with Crippen LogP contribution in [0.4, 0.5) is 5.69 Å². The monoisotopic (exact) mass is 564 g/mol. The van der Waals surface area contributed by atoms with Gasteiger partial charge < -0.3 is 20.5 Å². The van der Waals surface area contributed by atoms with Gasteiger partial charge in [0.2, 0.25) is 0 Å². The second-order valence-electron chi connectivity index (χ2n) is 9.69. The van der Waals surface area contributed by atoms with Crippen LogP contribution < -0.4 is 35.3 Å². The number of methoxy groups -OCH3 is 2. The fourth-order valence-electron chi connectivity index (χ4n) is 4.99. The van der Waals surface area contributed by atoms with Crippen molar-refractivity contribution in [2.45, 2.75) is 19.8 Å². The van der Waals surface area contributed by atoms with Gasteiger partial charge in [-0.05, 0) is 78.6 Å². The van der Waals surface area contributed by atoms with E-state index in [-0.39, 0.29) is 17.0 Å². The van der Waals surface area contributed by atoms with Crippen molar-refractivity contribution in [1.29, 1.82) is 5.26 Å². The Morgan fingerprint density at radius 3 is 2.15 bits per heavy atom. The van der Waals surface area contributed by atoms with Crippen molar-refractivity contribution in [2.24, 2.45) is 5.73 Å². The maximum Gasteiger partial charge on any atom is 0.274 e. The van der Waals surface area contributed by atoms with Gasteiger partial charge in [0.05, 0.1) is 41.9 Å². The van der Waals surface area contributed by atoms with Gasteiger partial charge in [0.15, 0.2) is 0 Å². The molecule has 1 unspecified atom stereocenters. The molecule has 1 atom stereocenters. The molecule has 206 valence electrons. The number of carbonyl (C=O) groups is 1. The number of hydrogen-bond acceptors (Lipinski definition) is 7. The van der Waals surface area contributed by atoms with Crippen LogP contribution in [-0.4, -0.2) is 24.7 Å². The van der Waals surface area contributed by atoms with Crippen molar-refractivity contribution in [3.63, 3.8) is 0 Å². The number of ether oxygens (including phenoxy) is 2. The molecule has 9 heteroatoms. The standard InChI is InChI=1S/C32H28N4O4S/c1-18-13-19(2)15-22(14-18)35-30(37)28-27(21-7-11-24(40-4)12-8-21)25(17-33)29(34)36-31(38)26(41-32(28)36)16-20-5-9-23(39-3)10-6-20/h5-16,27H,34H2,1-4H3,(H,35,37)/b26-16-. The predicted molar refractivity (Wildman–Crippen MR) is 161 cm³/mol. The zero-order chi connectivity index (χ0) is 29.3. The van der Waals surface area contributed by atoms with Crippen molar-refractivity contribution in [3.05, 3.63) is 114 Å². The SMILES string of the molecule is COc1ccc(/C=c2\sc3n(c2=O)C(N)=C(C#N)C(c2ccc(OC)cc2)C=3C(=O)Nc2cc(C)cc(C)c2)cc1. The van der Waals surface area contributed by atoms with Gasteiger partial charge in [-0.15, -0.1) is 11.3 Å². The van der Waals surface area contributed by atoms with E-state index in [1.165, 1.54) is 4.57 Å². The summed E-state index contributed by atoms with van der Waals surface area (Å²) >= 11 is 1.16. The number of aromatic nitrogens is 1. The van der Waals surface area contributed by atoms with E-state index >= 15 is 0 Å². The molecule has 8 nitrogen and oxygen atoms in total. The van der Waals surface area contributed by atoms with Crippen molar-refractivity contribution in [3.8, 4) is 17.6 Å². The van der Waals surface area contributed by atoms with Crippen molar-refractivity contribution < 1.29 is 14.3 Å². The quantitative estimate of drug-likeness (QED) is 0.369. The highest BCUT2D eigenvalue weighted by Gasteiger charge is 2.35. The maximum atomic E-state index is 14.1. The molecular formula is C32H28N4O4S. The third-order valence-corrected chi connectivity index (χ3v) is 7.96. The number of rotatable bonds is 6. The summed E-state index contributed by atoms with van der Waals surface area (Å²) in [6.45, 7) is 3.90. The van der Waals surface area contributed by atoms with Crippen molar-refractivity contribution in [1.82, 2.24) is 4.57 Å². The number of aryl methyl sites for hydroxylation is 2. The first-order valence-electron chi connectivity index (χ1n) is 12.8. The van der Waals surface area contributed by atoms with Crippen LogP contribution in [0.2, 0.25) is 0 Å². The lowest BCUT2D eigenvalue weighted by Gasteiger charge is -2.25. The van der Waals surface area contributed by atoms with E-state index in [1.807, 2.05) is 44.2 Å². The third-order valence-electron chi connectivity index (χ3n) is 6.86. The van der Waals surface area contributed by atoms with E-state index in [0.29, 0.717) is 31.9 Å². The summed E-state index contributed by atoms with van der Waals surface area (Å²) in [5.74, 6) is 0.0922. The second-order valence-corrected chi connectivity index (χ2v) is 10.7. The predicted octanol–water partition coefficient (Wildman–Crippen LogP) is 3.61. The Hall–Kier alpha value is -5.07. The molecule has 0 radical (unpaired) electrons. The normalized spacial score (nSPS) is 14.9. The van der Waals surface area contributed by atoms with Gasteiger partial charge in [0.25, 0.3) is 11.5 Å². The van der Waals surface area contributed by atoms with E-state index in [0.717, 1.165) is 28.0 Å². The summed E-state index contributed by atoms with van der Waals surface area (Å²) in [5, 5.41) is 13.3. The van der Waals surface area contributed by atoms with Crippen LogP contribution in [-0.2, 0) is 4.79 Å². The fraction of sp³-hybridized carbons (Fsp3) is 0.156. The summed E-state index contributed by atoms with van der Waals surface area (Å²) in [6.07, 6.45) is 1.74. The molecule has 0 aliphatic carbocycles. The number of nitrogens with one attached hydrogen (secondary N) is 1. The fourth-order valence-corrected chi connectivity index (χ4v) is 6.17. The van der Waals surface area contributed by atoms with Crippen LogP contribution >= 0.6 is 11.3 Å². The van der Waals surface area contributed by atoms with Crippen LogP contribution in [0.25, 0.3) is 17.5 Å². The molecule has 4 aromatic rings. The average molecular weight is 565 g/mol. The van der Waals surface area contributed by atoms with Crippen LogP contribution in [0.1, 0.15) is 28.2 Å². The van der Waals surface area contributed by atoms with Gasteiger partial charge in [-0.1, -0.05) is 30.3 Å². The number of benzene rings is 3. The summed E-state index contributed by atoms with van der Waals surface area (Å²) in [6, 6.07) is 22.3. The zero-order valence-electron chi connectivity index (χ0n) is 23.0. The number of thiazole rings is 1. The summed E-state index contributed by atoms with van der Waals surface area (Å²) in [5.41, 5.74) is 10.5. The minimum Gasteiger partial charge on any atom is -0.497 e. The zero-order valence-corrected chi connectivity index (χ0v) is 23.8.